The lowest BCUT2D eigenvalue weighted by Gasteiger charge is -2.30. The fraction of sp³-hybridized carbons (Fsp3) is 0.310. The molecule has 2 atom stereocenters. The van der Waals surface area contributed by atoms with Crippen LogP contribution in [0, 0.1) is 5.92 Å². The molecule has 0 saturated heterocycles. The highest BCUT2D eigenvalue weighted by molar-refractivity contribution is 5.84. The van der Waals surface area contributed by atoms with Gasteiger partial charge in [-0.2, -0.15) is 13.2 Å². The molecule has 6 nitrogen and oxygen atoms in total. The second kappa shape index (κ2) is 12.6. The maximum absolute atomic E-state index is 13.3. The van der Waals surface area contributed by atoms with E-state index in [0.29, 0.717) is 26.0 Å². The third-order valence-electron chi connectivity index (χ3n) is 6.43. The molecule has 2 aliphatic rings. The van der Waals surface area contributed by atoms with Crippen LogP contribution in [0.3, 0.4) is 0 Å². The zero-order chi connectivity index (χ0) is 27.0. The van der Waals surface area contributed by atoms with Crippen LogP contribution >= 0.6 is 0 Å². The summed E-state index contributed by atoms with van der Waals surface area (Å²) in [5.41, 5.74) is 1.92. The lowest BCUT2D eigenvalue weighted by atomic mass is 9.86. The molecule has 2 N–H and O–H groups in total. The van der Waals surface area contributed by atoms with E-state index in [4.69, 9.17) is 4.74 Å². The molecular weight excluding hydrogens is 495 g/mol. The third kappa shape index (κ3) is 7.82. The second-order valence-electron chi connectivity index (χ2n) is 9.33. The molecule has 4 rings (SSSR count). The predicted octanol–water partition coefficient (Wildman–Crippen LogP) is 5.31. The van der Waals surface area contributed by atoms with E-state index in [1.807, 2.05) is 66.0 Å². The van der Waals surface area contributed by atoms with Crippen molar-refractivity contribution in [3.8, 4) is 0 Å². The fourth-order valence-corrected chi connectivity index (χ4v) is 4.47. The number of amides is 2. The van der Waals surface area contributed by atoms with Crippen molar-refractivity contribution in [2.24, 2.45) is 5.92 Å². The lowest BCUT2D eigenvalue weighted by molar-refractivity contribution is -0.172. The first-order valence-corrected chi connectivity index (χ1v) is 12.5. The molecule has 2 amide bonds. The second-order valence-corrected chi connectivity index (χ2v) is 9.33. The zero-order valence-corrected chi connectivity index (χ0v) is 20.8. The summed E-state index contributed by atoms with van der Waals surface area (Å²) in [6, 6.07) is 19.3. The van der Waals surface area contributed by atoms with Gasteiger partial charge in [-0.25, -0.2) is 0 Å². The predicted molar refractivity (Wildman–Crippen MR) is 137 cm³/mol. The molecule has 2 aromatic carbocycles. The highest BCUT2D eigenvalue weighted by Crippen LogP contribution is 2.28. The summed E-state index contributed by atoms with van der Waals surface area (Å²) < 4.78 is 44.6. The summed E-state index contributed by atoms with van der Waals surface area (Å²) >= 11 is 0. The van der Waals surface area contributed by atoms with Gasteiger partial charge < -0.3 is 20.3 Å². The van der Waals surface area contributed by atoms with Crippen LogP contribution in [0.25, 0.3) is 0 Å². The minimum absolute atomic E-state index is 0.0651. The molecule has 1 heterocycles. The van der Waals surface area contributed by atoms with E-state index in [2.05, 4.69) is 5.32 Å². The first kappa shape index (κ1) is 27.2. The van der Waals surface area contributed by atoms with Gasteiger partial charge in [-0.15, -0.1) is 0 Å². The van der Waals surface area contributed by atoms with Crippen LogP contribution in [0.15, 0.2) is 96.6 Å². The van der Waals surface area contributed by atoms with Gasteiger partial charge in [0, 0.05) is 30.4 Å². The van der Waals surface area contributed by atoms with Gasteiger partial charge in [0.2, 0.25) is 5.91 Å². The molecule has 0 aromatic heterocycles. The molecule has 0 spiro atoms. The zero-order valence-electron chi connectivity index (χ0n) is 20.8. The molecule has 1 fully saturated rings. The summed E-state index contributed by atoms with van der Waals surface area (Å²) in [6.07, 6.45) is 3.71. The number of nitrogens with one attached hydrogen (secondary N) is 2. The Labute approximate surface area is 219 Å². The lowest BCUT2D eigenvalue weighted by Crippen LogP contribution is -2.40. The number of carbonyl (C=O) groups excluding carboxylic acids is 2. The molecule has 0 radical (unpaired) electrons. The average Bonchev–Trinajstić information content (AvgIpc) is 3.09. The summed E-state index contributed by atoms with van der Waals surface area (Å²) in [6.45, 7) is 0.832. The Bertz CT molecular complexity index is 1190. The van der Waals surface area contributed by atoms with Crippen molar-refractivity contribution < 1.29 is 27.5 Å². The Kier molecular flexibility index (Phi) is 9.02. The maximum Gasteiger partial charge on any atom is 0.471 e. The Hall–Kier alpha value is -3.85. The molecule has 0 bridgehead atoms. The highest BCUT2D eigenvalue weighted by atomic mass is 19.4. The van der Waals surface area contributed by atoms with E-state index < -0.39 is 12.1 Å². The number of hydrogen-bond acceptors (Lipinski definition) is 4. The van der Waals surface area contributed by atoms with Gasteiger partial charge in [0.1, 0.15) is 5.82 Å². The van der Waals surface area contributed by atoms with Gasteiger partial charge in [-0.1, -0.05) is 67.1 Å². The minimum atomic E-state index is -5.03. The Morgan fingerprint density at radius 3 is 2.32 bits per heavy atom. The van der Waals surface area contributed by atoms with Gasteiger partial charge in [-0.3, -0.25) is 9.59 Å². The number of benzene rings is 2. The average molecular weight is 526 g/mol. The first-order valence-electron chi connectivity index (χ1n) is 12.5. The molecule has 9 heteroatoms. The van der Waals surface area contributed by atoms with E-state index in [1.54, 1.807) is 11.1 Å². The topological polar surface area (TPSA) is 70.7 Å². The monoisotopic (exact) mass is 525 g/mol. The Balaban J connectivity index is 1.46. The van der Waals surface area contributed by atoms with Crippen molar-refractivity contribution in [3.05, 3.63) is 108 Å². The van der Waals surface area contributed by atoms with Gasteiger partial charge in [0.05, 0.1) is 12.7 Å². The van der Waals surface area contributed by atoms with Crippen molar-refractivity contribution in [1.82, 2.24) is 15.5 Å². The van der Waals surface area contributed by atoms with E-state index >= 15 is 0 Å². The standard InChI is InChI=1S/C29H30F3N3O3/c30-29(31,32)28(37)33-24-14-8-16-35(19-21-9-3-1-4-10-21)26(18-24)34-27(36)23-13-7-15-25(17-23)38-20-22-11-5-2-6-12-22/h1-6,8-12,14,16,18,23,25H,7,13,15,17,19-20H2,(H,33,37)(H,34,36). The fourth-order valence-electron chi connectivity index (χ4n) is 4.47. The molecule has 38 heavy (non-hydrogen) atoms. The summed E-state index contributed by atoms with van der Waals surface area (Å²) in [7, 11) is 0. The number of nitrogens with zero attached hydrogens (tertiary/aromatic N) is 1. The van der Waals surface area contributed by atoms with E-state index in [0.717, 1.165) is 24.0 Å². The van der Waals surface area contributed by atoms with Crippen LogP contribution in [-0.2, 0) is 27.5 Å². The SMILES string of the molecule is O=C(NC1=CC(NC(=O)C(F)(F)F)=CC=CN1Cc1ccccc1)C1CCCC(OCc2ccccc2)C1. The molecule has 2 unspecified atom stereocenters. The van der Waals surface area contributed by atoms with Crippen molar-refractivity contribution in [3.63, 3.8) is 0 Å². The number of carbonyl (C=O) groups is 2. The number of alkyl halides is 3. The molecule has 2 aromatic rings. The van der Waals surface area contributed by atoms with Crippen LogP contribution in [0.2, 0.25) is 0 Å². The quantitative estimate of drug-likeness (QED) is 0.490. The van der Waals surface area contributed by atoms with Crippen LogP contribution in [0.4, 0.5) is 13.2 Å². The molecule has 1 aliphatic carbocycles. The summed E-state index contributed by atoms with van der Waals surface area (Å²) in [5.74, 6) is -2.36. The number of rotatable bonds is 8. The summed E-state index contributed by atoms with van der Waals surface area (Å²) in [5, 5.41) is 4.78. The smallest absolute Gasteiger partial charge is 0.374 e. The van der Waals surface area contributed by atoms with Crippen LogP contribution in [0.5, 0.6) is 0 Å². The third-order valence-corrected chi connectivity index (χ3v) is 6.43. The Morgan fingerprint density at radius 1 is 0.947 bits per heavy atom. The molecule has 1 aliphatic heterocycles. The first-order chi connectivity index (χ1) is 18.3. The number of ether oxygens (including phenoxy) is 1. The van der Waals surface area contributed by atoms with Crippen molar-refractivity contribution >= 4 is 11.8 Å². The van der Waals surface area contributed by atoms with E-state index in [9.17, 15) is 22.8 Å². The van der Waals surface area contributed by atoms with Gasteiger partial charge in [-0.05, 0) is 42.5 Å². The number of allylic oxidation sites excluding steroid dienone is 3. The van der Waals surface area contributed by atoms with E-state index in [-0.39, 0.29) is 29.4 Å². The van der Waals surface area contributed by atoms with E-state index in [1.165, 1.54) is 18.2 Å². The van der Waals surface area contributed by atoms with Gasteiger partial charge >= 0.3 is 12.1 Å². The molecular formula is C29H30F3N3O3. The summed E-state index contributed by atoms with van der Waals surface area (Å²) in [4.78, 5) is 26.6. The Morgan fingerprint density at radius 2 is 1.63 bits per heavy atom. The molecule has 1 saturated carbocycles. The van der Waals surface area contributed by atoms with Gasteiger partial charge in [0.15, 0.2) is 0 Å². The van der Waals surface area contributed by atoms with Crippen molar-refractivity contribution in [2.45, 2.75) is 51.1 Å². The van der Waals surface area contributed by atoms with Crippen LogP contribution in [0.1, 0.15) is 36.8 Å². The van der Waals surface area contributed by atoms with Crippen LogP contribution < -0.4 is 10.6 Å². The van der Waals surface area contributed by atoms with Crippen LogP contribution in [-0.4, -0.2) is 29.0 Å². The maximum atomic E-state index is 13.3. The van der Waals surface area contributed by atoms with Crippen molar-refractivity contribution in [2.75, 3.05) is 0 Å². The highest BCUT2D eigenvalue weighted by Gasteiger charge is 2.39. The van der Waals surface area contributed by atoms with Crippen molar-refractivity contribution in [1.29, 1.82) is 0 Å². The van der Waals surface area contributed by atoms with Gasteiger partial charge in [0.25, 0.3) is 0 Å². The number of hydrogen-bond donors (Lipinski definition) is 2. The normalized spacial score (nSPS) is 19.7. The largest absolute Gasteiger partial charge is 0.471 e. The minimum Gasteiger partial charge on any atom is -0.374 e. The number of halogens is 3. The molecule has 200 valence electrons.